The number of aliphatic hydroxyl groups excluding tert-OH is 1. The number of hydrogen-bond acceptors (Lipinski definition) is 4. The number of amides is 2. The maximum Gasteiger partial charge on any atom is 0.319 e. The monoisotopic (exact) mass is 409 g/mol. The summed E-state index contributed by atoms with van der Waals surface area (Å²) >= 11 is 6.46. The van der Waals surface area contributed by atoms with Gasteiger partial charge in [-0.25, -0.2) is 4.79 Å². The Kier molecular flexibility index (Phi) is 6.42. The number of carbonyl (C=O) groups is 1. The van der Waals surface area contributed by atoms with E-state index in [9.17, 15) is 9.90 Å². The normalized spacial score (nSPS) is 27.3. The molecule has 1 aromatic rings. The van der Waals surface area contributed by atoms with E-state index in [0.717, 1.165) is 38.0 Å². The minimum Gasteiger partial charge on any atom is -0.394 e. The van der Waals surface area contributed by atoms with Gasteiger partial charge in [0.05, 0.1) is 41.8 Å². The van der Waals surface area contributed by atoms with Gasteiger partial charge in [-0.1, -0.05) is 38.4 Å². The first-order chi connectivity index (χ1) is 13.2. The molecule has 3 N–H and O–H groups in total. The molecule has 0 bridgehead atoms. The lowest BCUT2D eigenvalue weighted by molar-refractivity contribution is 0.0446. The summed E-state index contributed by atoms with van der Waals surface area (Å²) in [4.78, 5) is 15.0. The van der Waals surface area contributed by atoms with Crippen molar-refractivity contribution in [2.75, 3.05) is 43.1 Å². The second kappa shape index (κ2) is 8.47. The number of anilines is 2. The average Bonchev–Trinajstić information content (AvgIpc) is 2.60. The van der Waals surface area contributed by atoms with Crippen molar-refractivity contribution in [1.82, 2.24) is 5.32 Å². The molecule has 1 aliphatic heterocycles. The van der Waals surface area contributed by atoms with Crippen molar-refractivity contribution in [2.45, 2.75) is 45.6 Å². The largest absolute Gasteiger partial charge is 0.394 e. The van der Waals surface area contributed by atoms with E-state index >= 15 is 0 Å². The number of benzene rings is 1. The van der Waals surface area contributed by atoms with Gasteiger partial charge in [0.1, 0.15) is 0 Å². The summed E-state index contributed by atoms with van der Waals surface area (Å²) in [5, 5.41) is 16.8. The summed E-state index contributed by atoms with van der Waals surface area (Å²) in [5.74, 6) is 0.436. The van der Waals surface area contributed by atoms with Crippen LogP contribution in [-0.2, 0) is 4.74 Å². The number of aliphatic hydroxyl groups is 1. The van der Waals surface area contributed by atoms with Crippen molar-refractivity contribution >= 4 is 29.0 Å². The van der Waals surface area contributed by atoms with Gasteiger partial charge < -0.3 is 25.4 Å². The highest BCUT2D eigenvalue weighted by Crippen LogP contribution is 2.44. The van der Waals surface area contributed by atoms with Gasteiger partial charge in [0.15, 0.2) is 0 Å². The van der Waals surface area contributed by atoms with Crippen molar-refractivity contribution in [2.24, 2.45) is 11.3 Å². The Labute approximate surface area is 172 Å². The smallest absolute Gasteiger partial charge is 0.319 e. The molecule has 0 radical (unpaired) electrons. The van der Waals surface area contributed by atoms with E-state index in [4.69, 9.17) is 16.3 Å². The standard InChI is InChI=1S/C21H32ClN3O3/c1-15-11-20(2,3)13-21(12-15,14-26)24-19(27)23-17-6-4-5-16(22)18(17)25-7-9-28-10-8-25/h4-6,15,26H,7-14H2,1-3H3,(H2,23,24,27)/t15-,21-/m0/s1. The minimum atomic E-state index is -0.608. The van der Waals surface area contributed by atoms with Crippen LogP contribution < -0.4 is 15.5 Å². The highest BCUT2D eigenvalue weighted by Gasteiger charge is 2.43. The number of ether oxygens (including phenoxy) is 1. The van der Waals surface area contributed by atoms with Crippen LogP contribution in [-0.4, -0.2) is 49.6 Å². The van der Waals surface area contributed by atoms with Gasteiger partial charge in [0.2, 0.25) is 0 Å². The zero-order valence-corrected chi connectivity index (χ0v) is 17.8. The molecule has 1 aliphatic carbocycles. The number of carbonyl (C=O) groups excluding carboxylic acids is 1. The quantitative estimate of drug-likeness (QED) is 0.705. The zero-order valence-electron chi connectivity index (χ0n) is 17.1. The first-order valence-corrected chi connectivity index (χ1v) is 10.4. The van der Waals surface area contributed by atoms with Gasteiger partial charge >= 0.3 is 6.03 Å². The third-order valence-corrected chi connectivity index (χ3v) is 6.01. The molecule has 0 aromatic heterocycles. The fraction of sp³-hybridized carbons (Fsp3) is 0.667. The Hall–Kier alpha value is -1.50. The Morgan fingerprint density at radius 2 is 2.04 bits per heavy atom. The molecule has 0 unspecified atom stereocenters. The minimum absolute atomic E-state index is 0.0694. The SMILES string of the molecule is C[C@H]1CC(C)(C)C[C@@](CO)(NC(=O)Nc2cccc(Cl)c2N2CCOCC2)C1. The molecular weight excluding hydrogens is 378 g/mol. The fourth-order valence-electron chi connectivity index (χ4n) is 5.12. The second-order valence-corrected chi connectivity index (χ2v) is 9.51. The Morgan fingerprint density at radius 3 is 2.68 bits per heavy atom. The third-order valence-electron chi connectivity index (χ3n) is 5.70. The number of urea groups is 1. The highest BCUT2D eigenvalue weighted by molar-refractivity contribution is 6.34. The lowest BCUT2D eigenvalue weighted by Gasteiger charge is -2.47. The number of nitrogens with one attached hydrogen (secondary N) is 2. The van der Waals surface area contributed by atoms with Crippen LogP contribution in [0.2, 0.25) is 5.02 Å². The predicted octanol–water partition coefficient (Wildman–Crippen LogP) is 3.88. The van der Waals surface area contributed by atoms with E-state index < -0.39 is 5.54 Å². The molecule has 1 heterocycles. The van der Waals surface area contributed by atoms with Crippen LogP contribution in [0.4, 0.5) is 16.2 Å². The average molecular weight is 410 g/mol. The van der Waals surface area contributed by atoms with Gasteiger partial charge in [-0.15, -0.1) is 0 Å². The van der Waals surface area contributed by atoms with Crippen LogP contribution in [0.5, 0.6) is 0 Å². The lowest BCUT2D eigenvalue weighted by Crippen LogP contribution is -2.58. The Balaban J connectivity index is 1.77. The number of para-hydroxylation sites is 1. The molecule has 2 amide bonds. The molecule has 6 nitrogen and oxygen atoms in total. The molecule has 2 atom stereocenters. The van der Waals surface area contributed by atoms with Crippen LogP contribution in [0.25, 0.3) is 0 Å². The summed E-state index contributed by atoms with van der Waals surface area (Å²) in [6.45, 7) is 9.23. The molecule has 1 saturated heterocycles. The molecular formula is C21H32ClN3O3. The molecule has 3 rings (SSSR count). The Bertz CT molecular complexity index is 706. The number of nitrogens with zero attached hydrogens (tertiary/aromatic N) is 1. The first-order valence-electron chi connectivity index (χ1n) is 10.0. The van der Waals surface area contributed by atoms with Gasteiger partial charge in [-0.05, 0) is 42.7 Å². The van der Waals surface area contributed by atoms with Gasteiger partial charge in [0, 0.05) is 13.1 Å². The van der Waals surface area contributed by atoms with E-state index in [1.807, 2.05) is 18.2 Å². The van der Waals surface area contributed by atoms with Crippen LogP contribution in [0, 0.1) is 11.3 Å². The summed E-state index contributed by atoms with van der Waals surface area (Å²) in [7, 11) is 0. The maximum absolute atomic E-state index is 12.9. The summed E-state index contributed by atoms with van der Waals surface area (Å²) in [6.07, 6.45) is 2.61. The molecule has 156 valence electrons. The van der Waals surface area contributed by atoms with Crippen LogP contribution in [0.15, 0.2) is 18.2 Å². The molecule has 1 saturated carbocycles. The van der Waals surface area contributed by atoms with Crippen molar-refractivity contribution in [3.05, 3.63) is 23.2 Å². The maximum atomic E-state index is 12.9. The number of halogens is 1. The molecule has 2 aliphatic rings. The molecule has 1 aromatic carbocycles. The summed E-state index contributed by atoms with van der Waals surface area (Å²) < 4.78 is 5.43. The fourth-order valence-corrected chi connectivity index (χ4v) is 5.41. The number of morpholine rings is 1. The van der Waals surface area contributed by atoms with Crippen LogP contribution in [0.3, 0.4) is 0 Å². The van der Waals surface area contributed by atoms with Crippen molar-refractivity contribution in [3.63, 3.8) is 0 Å². The van der Waals surface area contributed by atoms with Crippen molar-refractivity contribution < 1.29 is 14.6 Å². The van der Waals surface area contributed by atoms with E-state index in [-0.39, 0.29) is 18.1 Å². The molecule has 28 heavy (non-hydrogen) atoms. The first kappa shape index (κ1) is 21.2. The topological polar surface area (TPSA) is 73.8 Å². The zero-order chi connectivity index (χ0) is 20.4. The van der Waals surface area contributed by atoms with Crippen LogP contribution >= 0.6 is 11.6 Å². The molecule has 2 fully saturated rings. The number of rotatable bonds is 4. The number of hydrogen-bond donors (Lipinski definition) is 3. The van der Waals surface area contributed by atoms with E-state index in [1.54, 1.807) is 0 Å². The highest BCUT2D eigenvalue weighted by atomic mass is 35.5. The molecule has 0 spiro atoms. The van der Waals surface area contributed by atoms with E-state index in [0.29, 0.717) is 29.8 Å². The van der Waals surface area contributed by atoms with Crippen LogP contribution in [0.1, 0.15) is 40.0 Å². The molecule has 7 heteroatoms. The third kappa shape index (κ3) is 4.91. The predicted molar refractivity (Wildman–Crippen MR) is 113 cm³/mol. The van der Waals surface area contributed by atoms with Crippen molar-refractivity contribution in [3.8, 4) is 0 Å². The van der Waals surface area contributed by atoms with E-state index in [1.165, 1.54) is 0 Å². The van der Waals surface area contributed by atoms with Gasteiger partial charge in [-0.2, -0.15) is 0 Å². The summed E-state index contributed by atoms with van der Waals surface area (Å²) in [6, 6.07) is 5.21. The van der Waals surface area contributed by atoms with Crippen molar-refractivity contribution in [1.29, 1.82) is 0 Å². The van der Waals surface area contributed by atoms with Gasteiger partial charge in [0.25, 0.3) is 0 Å². The lowest BCUT2D eigenvalue weighted by atomic mass is 9.64. The summed E-state index contributed by atoms with van der Waals surface area (Å²) in [5.41, 5.74) is 0.951. The second-order valence-electron chi connectivity index (χ2n) is 9.11. The Morgan fingerprint density at radius 1 is 1.32 bits per heavy atom. The van der Waals surface area contributed by atoms with E-state index in [2.05, 4.69) is 36.3 Å². The van der Waals surface area contributed by atoms with Gasteiger partial charge in [-0.3, -0.25) is 0 Å².